The molecule has 0 unspecified atom stereocenters. The lowest BCUT2D eigenvalue weighted by atomic mass is 10.2. The lowest BCUT2D eigenvalue weighted by Gasteiger charge is -2.21. The molecule has 1 saturated heterocycles. The van der Waals surface area contributed by atoms with Gasteiger partial charge >= 0.3 is 0 Å². The Bertz CT molecular complexity index is 244. The van der Waals surface area contributed by atoms with Gasteiger partial charge in [0, 0.05) is 22.5 Å². The standard InChI is InChI=1S/C10H14N2S/c1-5-11-6-2-9(1)13-10-3-7-12-8-4-10/h1-2,5-6,10,12H,3-4,7-8H2. The van der Waals surface area contributed by atoms with E-state index in [0.29, 0.717) is 0 Å². The fraction of sp³-hybridized carbons (Fsp3) is 0.500. The van der Waals surface area contributed by atoms with Crippen LogP contribution in [0.3, 0.4) is 0 Å². The van der Waals surface area contributed by atoms with Crippen molar-refractivity contribution in [2.75, 3.05) is 13.1 Å². The SMILES string of the molecule is c1cc(SC2CCNCC2)ccn1. The average Bonchev–Trinajstić information content (AvgIpc) is 2.21. The molecule has 0 spiro atoms. The van der Waals surface area contributed by atoms with E-state index in [1.807, 2.05) is 24.2 Å². The molecule has 1 aliphatic rings. The predicted molar refractivity (Wildman–Crippen MR) is 56.0 cm³/mol. The van der Waals surface area contributed by atoms with Gasteiger partial charge in [-0.15, -0.1) is 11.8 Å². The molecule has 1 aromatic heterocycles. The molecule has 2 heterocycles. The van der Waals surface area contributed by atoms with Gasteiger partial charge in [-0.25, -0.2) is 0 Å². The minimum absolute atomic E-state index is 0.795. The molecule has 0 bridgehead atoms. The van der Waals surface area contributed by atoms with Crippen LogP contribution in [0.2, 0.25) is 0 Å². The summed E-state index contributed by atoms with van der Waals surface area (Å²) in [5, 5.41) is 4.17. The largest absolute Gasteiger partial charge is 0.317 e. The Morgan fingerprint density at radius 3 is 2.62 bits per heavy atom. The van der Waals surface area contributed by atoms with E-state index in [0.717, 1.165) is 5.25 Å². The van der Waals surface area contributed by atoms with E-state index >= 15 is 0 Å². The van der Waals surface area contributed by atoms with Crippen LogP contribution in [0.1, 0.15) is 12.8 Å². The Hall–Kier alpha value is -0.540. The summed E-state index contributed by atoms with van der Waals surface area (Å²) in [7, 11) is 0. The van der Waals surface area contributed by atoms with Crippen LogP contribution in [-0.2, 0) is 0 Å². The van der Waals surface area contributed by atoms with Crippen molar-refractivity contribution < 1.29 is 0 Å². The Morgan fingerprint density at radius 1 is 1.23 bits per heavy atom. The minimum atomic E-state index is 0.795. The molecule has 3 heteroatoms. The normalized spacial score (nSPS) is 18.8. The predicted octanol–water partition coefficient (Wildman–Crippen LogP) is 1.93. The van der Waals surface area contributed by atoms with Gasteiger partial charge in [0.15, 0.2) is 0 Å². The molecule has 13 heavy (non-hydrogen) atoms. The van der Waals surface area contributed by atoms with Crippen molar-refractivity contribution in [3.8, 4) is 0 Å². The smallest absolute Gasteiger partial charge is 0.0278 e. The van der Waals surface area contributed by atoms with E-state index in [1.54, 1.807) is 0 Å². The van der Waals surface area contributed by atoms with Gasteiger partial charge < -0.3 is 5.32 Å². The van der Waals surface area contributed by atoms with Gasteiger partial charge in [0.1, 0.15) is 0 Å². The van der Waals surface area contributed by atoms with Crippen LogP contribution in [0.25, 0.3) is 0 Å². The van der Waals surface area contributed by atoms with E-state index in [1.165, 1.54) is 30.8 Å². The third-order valence-electron chi connectivity index (χ3n) is 2.24. The number of nitrogens with one attached hydrogen (secondary N) is 1. The summed E-state index contributed by atoms with van der Waals surface area (Å²) in [6.45, 7) is 2.34. The summed E-state index contributed by atoms with van der Waals surface area (Å²) < 4.78 is 0. The highest BCUT2D eigenvalue weighted by atomic mass is 32.2. The molecule has 0 radical (unpaired) electrons. The second kappa shape index (κ2) is 4.63. The number of pyridine rings is 1. The maximum Gasteiger partial charge on any atom is 0.0278 e. The lowest BCUT2D eigenvalue weighted by Crippen LogP contribution is -2.29. The zero-order chi connectivity index (χ0) is 8.93. The molecule has 1 aromatic rings. The summed E-state index contributed by atoms with van der Waals surface area (Å²) >= 11 is 1.98. The third kappa shape index (κ3) is 2.71. The number of thioether (sulfide) groups is 1. The zero-order valence-electron chi connectivity index (χ0n) is 7.57. The maximum atomic E-state index is 4.01. The molecular formula is C10H14N2S. The highest BCUT2D eigenvalue weighted by molar-refractivity contribution is 8.00. The molecule has 0 amide bonds. The molecule has 0 atom stereocenters. The van der Waals surface area contributed by atoms with Crippen molar-refractivity contribution in [2.24, 2.45) is 0 Å². The summed E-state index contributed by atoms with van der Waals surface area (Å²) in [4.78, 5) is 5.36. The first-order valence-corrected chi connectivity index (χ1v) is 5.60. The van der Waals surface area contributed by atoms with E-state index < -0.39 is 0 Å². The van der Waals surface area contributed by atoms with Crippen molar-refractivity contribution in [2.45, 2.75) is 23.0 Å². The van der Waals surface area contributed by atoms with Crippen molar-refractivity contribution in [1.29, 1.82) is 0 Å². The molecule has 0 aliphatic carbocycles. The Labute approximate surface area is 83.1 Å². The van der Waals surface area contributed by atoms with Gasteiger partial charge in [-0.2, -0.15) is 0 Å². The molecular weight excluding hydrogens is 180 g/mol. The van der Waals surface area contributed by atoms with Crippen LogP contribution in [0, 0.1) is 0 Å². The minimum Gasteiger partial charge on any atom is -0.317 e. The number of nitrogens with zero attached hydrogens (tertiary/aromatic N) is 1. The fourth-order valence-corrected chi connectivity index (χ4v) is 2.66. The first-order valence-electron chi connectivity index (χ1n) is 4.72. The third-order valence-corrected chi connectivity index (χ3v) is 3.59. The van der Waals surface area contributed by atoms with Crippen molar-refractivity contribution in [1.82, 2.24) is 10.3 Å². The van der Waals surface area contributed by atoms with Crippen LogP contribution in [0.4, 0.5) is 0 Å². The Morgan fingerprint density at radius 2 is 1.92 bits per heavy atom. The van der Waals surface area contributed by atoms with Crippen LogP contribution >= 0.6 is 11.8 Å². The molecule has 1 N–H and O–H groups in total. The molecule has 2 nitrogen and oxygen atoms in total. The quantitative estimate of drug-likeness (QED) is 0.778. The molecule has 70 valence electrons. The number of aromatic nitrogens is 1. The zero-order valence-corrected chi connectivity index (χ0v) is 8.39. The second-order valence-electron chi connectivity index (χ2n) is 3.25. The summed E-state index contributed by atoms with van der Waals surface area (Å²) in [5.74, 6) is 0. The monoisotopic (exact) mass is 194 g/mol. The van der Waals surface area contributed by atoms with Crippen LogP contribution < -0.4 is 5.32 Å². The fourth-order valence-electron chi connectivity index (χ4n) is 1.52. The average molecular weight is 194 g/mol. The molecule has 1 fully saturated rings. The van der Waals surface area contributed by atoms with Gasteiger partial charge in [0.25, 0.3) is 0 Å². The number of rotatable bonds is 2. The van der Waals surface area contributed by atoms with Crippen LogP contribution in [0.15, 0.2) is 29.4 Å². The second-order valence-corrected chi connectivity index (χ2v) is 4.62. The number of hydrogen-bond acceptors (Lipinski definition) is 3. The van der Waals surface area contributed by atoms with E-state index in [4.69, 9.17) is 0 Å². The van der Waals surface area contributed by atoms with Gasteiger partial charge in [0.05, 0.1) is 0 Å². The molecule has 0 saturated carbocycles. The van der Waals surface area contributed by atoms with E-state index in [-0.39, 0.29) is 0 Å². The van der Waals surface area contributed by atoms with Crippen molar-refractivity contribution in [3.05, 3.63) is 24.5 Å². The van der Waals surface area contributed by atoms with Gasteiger partial charge in [-0.05, 0) is 38.1 Å². The topological polar surface area (TPSA) is 24.9 Å². The first kappa shape index (κ1) is 9.03. The summed E-state index contributed by atoms with van der Waals surface area (Å²) in [6.07, 6.45) is 6.30. The lowest BCUT2D eigenvalue weighted by molar-refractivity contribution is 0.531. The van der Waals surface area contributed by atoms with Crippen molar-refractivity contribution >= 4 is 11.8 Å². The molecule has 0 aromatic carbocycles. The highest BCUT2D eigenvalue weighted by Gasteiger charge is 2.13. The number of piperidine rings is 1. The van der Waals surface area contributed by atoms with Crippen molar-refractivity contribution in [3.63, 3.8) is 0 Å². The molecule has 1 aliphatic heterocycles. The molecule has 2 rings (SSSR count). The van der Waals surface area contributed by atoms with Gasteiger partial charge in [0.2, 0.25) is 0 Å². The van der Waals surface area contributed by atoms with Gasteiger partial charge in [-0.3, -0.25) is 4.98 Å². The van der Waals surface area contributed by atoms with E-state index in [2.05, 4.69) is 22.4 Å². The maximum absolute atomic E-state index is 4.01. The van der Waals surface area contributed by atoms with E-state index in [9.17, 15) is 0 Å². The van der Waals surface area contributed by atoms with Crippen LogP contribution in [0.5, 0.6) is 0 Å². The Balaban J connectivity index is 1.90. The van der Waals surface area contributed by atoms with Gasteiger partial charge in [-0.1, -0.05) is 0 Å². The first-order chi connectivity index (χ1) is 6.45. The summed E-state index contributed by atoms with van der Waals surface area (Å²) in [6, 6.07) is 4.18. The highest BCUT2D eigenvalue weighted by Crippen LogP contribution is 2.27. The summed E-state index contributed by atoms with van der Waals surface area (Å²) in [5.41, 5.74) is 0. The Kier molecular flexibility index (Phi) is 3.22. The van der Waals surface area contributed by atoms with Crippen LogP contribution in [-0.4, -0.2) is 23.3 Å². The number of hydrogen-bond donors (Lipinski definition) is 1.